The first-order valence-corrected chi connectivity index (χ1v) is 6.93. The highest BCUT2D eigenvalue weighted by Crippen LogP contribution is 2.26. The predicted octanol–water partition coefficient (Wildman–Crippen LogP) is 2.52. The van der Waals surface area contributed by atoms with Gasteiger partial charge in [-0.05, 0) is 38.3 Å². The fraction of sp³-hybridized carbons (Fsp3) is 0.533. The van der Waals surface area contributed by atoms with E-state index in [-0.39, 0.29) is 5.91 Å². The highest BCUT2D eigenvalue weighted by molar-refractivity contribution is 5.76. The molecular weight excluding hydrogens is 242 g/mol. The molecule has 1 aliphatic carbocycles. The molecule has 2 rings (SSSR count). The summed E-state index contributed by atoms with van der Waals surface area (Å²) >= 11 is 0. The zero-order valence-electron chi connectivity index (χ0n) is 11.4. The minimum atomic E-state index is 0.129. The average molecular weight is 263 g/mol. The Morgan fingerprint density at radius 3 is 2.58 bits per heavy atom. The molecule has 4 nitrogen and oxygen atoms in total. The second kappa shape index (κ2) is 7.02. The van der Waals surface area contributed by atoms with Gasteiger partial charge in [0.1, 0.15) is 0 Å². The van der Waals surface area contributed by atoms with Crippen LogP contribution in [-0.2, 0) is 4.79 Å². The largest absolute Gasteiger partial charge is 0.490 e. The Morgan fingerprint density at radius 1 is 1.26 bits per heavy atom. The van der Waals surface area contributed by atoms with Gasteiger partial charge in [-0.15, -0.1) is 0 Å². The number of carbonyl (C=O) groups excluding carboxylic acids is 1. The number of ether oxygens (including phenoxy) is 2. The third kappa shape index (κ3) is 4.81. The van der Waals surface area contributed by atoms with Gasteiger partial charge < -0.3 is 14.8 Å². The fourth-order valence-corrected chi connectivity index (χ4v) is 1.79. The van der Waals surface area contributed by atoms with Crippen LogP contribution < -0.4 is 14.8 Å². The molecule has 0 atom stereocenters. The van der Waals surface area contributed by atoms with Crippen LogP contribution in [0.4, 0.5) is 0 Å². The van der Waals surface area contributed by atoms with Crippen LogP contribution in [0.25, 0.3) is 0 Å². The van der Waals surface area contributed by atoms with E-state index in [1.165, 1.54) is 0 Å². The highest BCUT2D eigenvalue weighted by atomic mass is 16.5. The lowest BCUT2D eigenvalue weighted by atomic mass is 10.3. The van der Waals surface area contributed by atoms with E-state index in [9.17, 15) is 4.79 Å². The minimum Gasteiger partial charge on any atom is -0.490 e. The lowest BCUT2D eigenvalue weighted by Crippen LogP contribution is -2.25. The maximum absolute atomic E-state index is 11.5. The number of hydrogen-bond donors (Lipinski definition) is 1. The smallest absolute Gasteiger partial charge is 0.220 e. The SMILES string of the molecule is CCOc1ccccc1OCCCC(=O)NC1CC1. The summed E-state index contributed by atoms with van der Waals surface area (Å²) in [6.45, 7) is 3.09. The molecule has 1 aromatic rings. The van der Waals surface area contributed by atoms with Crippen molar-refractivity contribution in [1.29, 1.82) is 0 Å². The molecule has 0 bridgehead atoms. The molecule has 0 radical (unpaired) electrons. The molecule has 1 aliphatic rings. The maximum atomic E-state index is 11.5. The first kappa shape index (κ1) is 13.7. The van der Waals surface area contributed by atoms with E-state index in [1.54, 1.807) is 0 Å². The van der Waals surface area contributed by atoms with E-state index in [1.807, 2.05) is 31.2 Å². The second-order valence-corrected chi connectivity index (χ2v) is 4.67. The lowest BCUT2D eigenvalue weighted by molar-refractivity contribution is -0.121. The minimum absolute atomic E-state index is 0.129. The van der Waals surface area contributed by atoms with Crippen LogP contribution in [0.1, 0.15) is 32.6 Å². The molecule has 1 saturated carbocycles. The number of amides is 1. The molecule has 0 unspecified atom stereocenters. The monoisotopic (exact) mass is 263 g/mol. The van der Waals surface area contributed by atoms with Crippen molar-refractivity contribution in [3.8, 4) is 11.5 Å². The summed E-state index contributed by atoms with van der Waals surface area (Å²) in [6, 6.07) is 8.04. The van der Waals surface area contributed by atoms with Gasteiger partial charge in [-0.3, -0.25) is 4.79 Å². The number of rotatable bonds is 8. The van der Waals surface area contributed by atoms with Crippen molar-refractivity contribution in [1.82, 2.24) is 5.32 Å². The average Bonchev–Trinajstić information content (AvgIpc) is 3.21. The van der Waals surface area contributed by atoms with Gasteiger partial charge in [0.25, 0.3) is 0 Å². The van der Waals surface area contributed by atoms with E-state index >= 15 is 0 Å². The van der Waals surface area contributed by atoms with Crippen LogP contribution in [0.3, 0.4) is 0 Å². The van der Waals surface area contributed by atoms with E-state index in [0.29, 0.717) is 25.7 Å². The molecule has 0 aromatic heterocycles. The molecule has 19 heavy (non-hydrogen) atoms. The van der Waals surface area contributed by atoms with Gasteiger partial charge in [0, 0.05) is 12.5 Å². The standard InChI is InChI=1S/C15H21NO3/c1-2-18-13-6-3-4-7-14(13)19-11-5-8-15(17)16-12-9-10-12/h3-4,6-7,12H,2,5,8-11H2,1H3,(H,16,17). The van der Waals surface area contributed by atoms with Crippen molar-refractivity contribution in [3.05, 3.63) is 24.3 Å². The Labute approximate surface area is 114 Å². The number of benzene rings is 1. The zero-order chi connectivity index (χ0) is 13.5. The molecule has 0 saturated heterocycles. The van der Waals surface area contributed by atoms with E-state index in [0.717, 1.165) is 30.8 Å². The topological polar surface area (TPSA) is 47.6 Å². The van der Waals surface area contributed by atoms with Gasteiger partial charge in [0.2, 0.25) is 5.91 Å². The van der Waals surface area contributed by atoms with Gasteiger partial charge in [0.15, 0.2) is 11.5 Å². The first-order valence-electron chi connectivity index (χ1n) is 6.93. The van der Waals surface area contributed by atoms with Gasteiger partial charge in [-0.1, -0.05) is 12.1 Å². The zero-order valence-corrected chi connectivity index (χ0v) is 11.4. The molecule has 0 heterocycles. The number of nitrogens with one attached hydrogen (secondary N) is 1. The lowest BCUT2D eigenvalue weighted by Gasteiger charge is -2.11. The van der Waals surface area contributed by atoms with Crippen molar-refractivity contribution in [2.75, 3.05) is 13.2 Å². The number of carbonyl (C=O) groups is 1. The molecule has 1 amide bonds. The van der Waals surface area contributed by atoms with Gasteiger partial charge in [0.05, 0.1) is 13.2 Å². The molecule has 1 fully saturated rings. The summed E-state index contributed by atoms with van der Waals surface area (Å²) in [7, 11) is 0. The van der Waals surface area contributed by atoms with Gasteiger partial charge in [-0.25, -0.2) is 0 Å². The third-order valence-corrected chi connectivity index (χ3v) is 2.90. The fourth-order valence-electron chi connectivity index (χ4n) is 1.79. The number of para-hydroxylation sites is 2. The summed E-state index contributed by atoms with van der Waals surface area (Å²) in [5, 5.41) is 2.97. The molecule has 4 heteroatoms. The van der Waals surface area contributed by atoms with Crippen LogP contribution in [-0.4, -0.2) is 25.2 Å². The Balaban J connectivity index is 1.68. The van der Waals surface area contributed by atoms with Gasteiger partial charge >= 0.3 is 0 Å². The maximum Gasteiger partial charge on any atom is 0.220 e. The third-order valence-electron chi connectivity index (χ3n) is 2.90. The van der Waals surface area contributed by atoms with Crippen LogP contribution in [0, 0.1) is 0 Å². The summed E-state index contributed by atoms with van der Waals surface area (Å²) in [5.41, 5.74) is 0. The first-order chi connectivity index (χ1) is 9.29. The van der Waals surface area contributed by atoms with Crippen molar-refractivity contribution in [3.63, 3.8) is 0 Å². The molecule has 1 N–H and O–H groups in total. The van der Waals surface area contributed by atoms with Crippen LogP contribution in [0.15, 0.2) is 24.3 Å². The Hall–Kier alpha value is -1.71. The Morgan fingerprint density at radius 2 is 1.95 bits per heavy atom. The van der Waals surface area contributed by atoms with Crippen molar-refractivity contribution in [2.45, 2.75) is 38.6 Å². The summed E-state index contributed by atoms with van der Waals surface area (Å²) in [6.07, 6.45) is 3.50. The summed E-state index contributed by atoms with van der Waals surface area (Å²) in [4.78, 5) is 11.5. The molecular formula is C15H21NO3. The summed E-state index contributed by atoms with van der Waals surface area (Å²) < 4.78 is 11.1. The van der Waals surface area contributed by atoms with Crippen LogP contribution in [0.2, 0.25) is 0 Å². The normalized spacial score (nSPS) is 13.9. The van der Waals surface area contributed by atoms with Crippen molar-refractivity contribution >= 4 is 5.91 Å². The summed E-state index contributed by atoms with van der Waals surface area (Å²) in [5.74, 6) is 1.63. The highest BCUT2D eigenvalue weighted by Gasteiger charge is 2.22. The van der Waals surface area contributed by atoms with Crippen molar-refractivity contribution < 1.29 is 14.3 Å². The Kier molecular flexibility index (Phi) is 5.07. The number of hydrogen-bond acceptors (Lipinski definition) is 3. The van der Waals surface area contributed by atoms with Crippen LogP contribution in [0.5, 0.6) is 11.5 Å². The van der Waals surface area contributed by atoms with Crippen LogP contribution >= 0.6 is 0 Å². The quantitative estimate of drug-likeness (QED) is 0.733. The molecule has 104 valence electrons. The second-order valence-electron chi connectivity index (χ2n) is 4.67. The van der Waals surface area contributed by atoms with Crippen molar-refractivity contribution in [2.24, 2.45) is 0 Å². The Bertz CT molecular complexity index is 416. The van der Waals surface area contributed by atoms with E-state index < -0.39 is 0 Å². The van der Waals surface area contributed by atoms with E-state index in [2.05, 4.69) is 5.32 Å². The molecule has 1 aromatic carbocycles. The predicted molar refractivity (Wildman–Crippen MR) is 73.5 cm³/mol. The van der Waals surface area contributed by atoms with Gasteiger partial charge in [-0.2, -0.15) is 0 Å². The van der Waals surface area contributed by atoms with E-state index in [4.69, 9.17) is 9.47 Å². The molecule has 0 spiro atoms. The molecule has 0 aliphatic heterocycles.